The van der Waals surface area contributed by atoms with Crippen LogP contribution in [0, 0.1) is 41.3 Å². The van der Waals surface area contributed by atoms with Crippen LogP contribution < -0.4 is 5.32 Å². The fraction of sp³-hybridized carbons (Fsp3) is 0.429. The van der Waals surface area contributed by atoms with Crippen molar-refractivity contribution < 1.29 is 28.3 Å². The molecule has 1 N–H and O–H groups in total. The topological polar surface area (TPSA) is 92.8 Å². The Hall–Kier alpha value is -3.03. The summed E-state index contributed by atoms with van der Waals surface area (Å²) in [6.45, 7) is -1.04. The Bertz CT molecular complexity index is 907. The fourth-order valence-electron chi connectivity index (χ4n) is 5.23. The van der Waals surface area contributed by atoms with Gasteiger partial charge in [0.1, 0.15) is 12.4 Å². The number of halogens is 1. The molecule has 5 aliphatic rings. The summed E-state index contributed by atoms with van der Waals surface area (Å²) in [5.41, 5.74) is 0.364. The van der Waals surface area contributed by atoms with Crippen molar-refractivity contribution in [3.63, 3.8) is 0 Å². The van der Waals surface area contributed by atoms with Crippen LogP contribution in [0.5, 0.6) is 0 Å². The Morgan fingerprint density at radius 2 is 1.62 bits per heavy atom. The van der Waals surface area contributed by atoms with E-state index in [1.165, 1.54) is 24.3 Å². The Morgan fingerprint density at radius 3 is 2.21 bits per heavy atom. The molecule has 1 aromatic carbocycles. The number of imide groups is 1. The highest BCUT2D eigenvalue weighted by molar-refractivity contribution is 6.08. The molecular weight excluding hydrogens is 379 g/mol. The predicted molar refractivity (Wildman–Crippen MR) is 97.4 cm³/mol. The fourth-order valence-corrected chi connectivity index (χ4v) is 5.23. The van der Waals surface area contributed by atoms with Crippen LogP contribution in [0.1, 0.15) is 6.42 Å². The van der Waals surface area contributed by atoms with E-state index in [-0.39, 0.29) is 35.5 Å². The van der Waals surface area contributed by atoms with Crippen LogP contribution in [0.15, 0.2) is 36.4 Å². The molecule has 3 fully saturated rings. The largest absolute Gasteiger partial charge is 0.454 e. The molecule has 0 aromatic heterocycles. The highest BCUT2D eigenvalue weighted by Crippen LogP contribution is 2.65. The molecule has 0 radical (unpaired) electrons. The minimum Gasteiger partial charge on any atom is -0.454 e. The van der Waals surface area contributed by atoms with Gasteiger partial charge in [-0.15, -0.1) is 0 Å². The molecule has 150 valence electrons. The number of anilines is 1. The van der Waals surface area contributed by atoms with Crippen molar-refractivity contribution in [1.82, 2.24) is 4.90 Å². The lowest BCUT2D eigenvalue weighted by molar-refractivity contribution is -0.154. The quantitative estimate of drug-likeness (QED) is 0.459. The van der Waals surface area contributed by atoms with Gasteiger partial charge in [-0.3, -0.25) is 24.1 Å². The molecule has 1 aromatic rings. The van der Waals surface area contributed by atoms with Crippen LogP contribution in [-0.2, 0) is 23.9 Å². The van der Waals surface area contributed by atoms with Gasteiger partial charge >= 0.3 is 5.97 Å². The van der Waals surface area contributed by atoms with E-state index in [0.29, 0.717) is 17.5 Å². The first-order valence-corrected chi connectivity index (χ1v) is 9.68. The molecule has 2 bridgehead atoms. The molecular formula is C21H19FN2O5. The summed E-state index contributed by atoms with van der Waals surface area (Å²) in [6, 6.07) is 5.14. The average molecular weight is 398 g/mol. The van der Waals surface area contributed by atoms with E-state index in [0.717, 1.165) is 11.3 Å². The molecule has 0 spiro atoms. The van der Waals surface area contributed by atoms with Gasteiger partial charge in [-0.2, -0.15) is 0 Å². The second-order valence-corrected chi connectivity index (χ2v) is 8.13. The number of hydrogen-bond donors (Lipinski definition) is 1. The van der Waals surface area contributed by atoms with E-state index in [4.69, 9.17) is 4.74 Å². The van der Waals surface area contributed by atoms with E-state index in [1.54, 1.807) is 0 Å². The van der Waals surface area contributed by atoms with E-state index >= 15 is 0 Å². The van der Waals surface area contributed by atoms with Crippen LogP contribution in [0.3, 0.4) is 0 Å². The molecule has 7 nitrogen and oxygen atoms in total. The number of nitrogens with zero attached hydrogens (tertiary/aromatic N) is 1. The zero-order valence-electron chi connectivity index (χ0n) is 15.4. The van der Waals surface area contributed by atoms with Crippen LogP contribution in [-0.4, -0.2) is 41.7 Å². The van der Waals surface area contributed by atoms with Gasteiger partial charge in [-0.25, -0.2) is 4.39 Å². The second-order valence-electron chi connectivity index (χ2n) is 8.13. The zero-order chi connectivity index (χ0) is 20.3. The Balaban J connectivity index is 1.16. The van der Waals surface area contributed by atoms with Gasteiger partial charge in [0.15, 0.2) is 6.61 Å². The number of likely N-dealkylation sites (tertiary alicyclic amines) is 1. The SMILES string of the molecule is O=C(COC(=O)CN1C(=O)[C@@H]2[C@H]3C=C[C@@H]([C@@H]4C[C@@H]34)[C@@H]2C1=O)Nc1ccc(F)cc1. The molecule has 1 saturated heterocycles. The number of hydrogen-bond acceptors (Lipinski definition) is 5. The number of allylic oxidation sites excluding steroid dienone is 2. The molecule has 29 heavy (non-hydrogen) atoms. The second kappa shape index (κ2) is 6.50. The normalized spacial score (nSPS) is 33.3. The van der Waals surface area contributed by atoms with Gasteiger partial charge in [-0.1, -0.05) is 12.2 Å². The maximum Gasteiger partial charge on any atom is 0.326 e. The van der Waals surface area contributed by atoms with Gasteiger partial charge < -0.3 is 10.1 Å². The third-order valence-electron chi connectivity index (χ3n) is 6.53. The average Bonchev–Trinajstić information content (AvgIpc) is 3.49. The summed E-state index contributed by atoms with van der Waals surface area (Å²) in [4.78, 5) is 50.6. The van der Waals surface area contributed by atoms with Gasteiger partial charge in [0.25, 0.3) is 5.91 Å². The highest BCUT2D eigenvalue weighted by Gasteiger charge is 2.67. The van der Waals surface area contributed by atoms with Crippen molar-refractivity contribution in [2.24, 2.45) is 35.5 Å². The number of carbonyl (C=O) groups excluding carboxylic acids is 4. The summed E-state index contributed by atoms with van der Waals surface area (Å²) < 4.78 is 17.8. The van der Waals surface area contributed by atoms with Crippen LogP contribution in [0.2, 0.25) is 0 Å². The Morgan fingerprint density at radius 1 is 1.03 bits per heavy atom. The summed E-state index contributed by atoms with van der Waals surface area (Å²) in [5, 5.41) is 2.47. The number of benzene rings is 1. The van der Waals surface area contributed by atoms with Crippen molar-refractivity contribution >= 4 is 29.4 Å². The minimum atomic E-state index is -0.815. The number of amides is 3. The monoisotopic (exact) mass is 398 g/mol. The zero-order valence-corrected chi connectivity index (χ0v) is 15.4. The third-order valence-corrected chi connectivity index (χ3v) is 6.53. The van der Waals surface area contributed by atoms with Crippen LogP contribution >= 0.6 is 0 Å². The minimum absolute atomic E-state index is 0.0916. The number of rotatable bonds is 5. The standard InChI is InChI=1S/C21H19FN2O5/c22-10-1-3-11(4-2-10)23-16(25)9-29-17(26)8-24-20(27)18-12-5-6-13(15-7-14(12)15)19(18)21(24)28/h1-6,12-15,18-19H,7-9H2,(H,23,25)/t12-,13-,14-,15-,18-,19+/m0/s1. The van der Waals surface area contributed by atoms with E-state index < -0.39 is 30.8 Å². The number of esters is 1. The molecule has 0 unspecified atom stereocenters. The maximum absolute atomic E-state index is 12.9. The van der Waals surface area contributed by atoms with Gasteiger partial charge in [0, 0.05) is 5.69 Å². The molecule has 3 amide bonds. The van der Waals surface area contributed by atoms with Gasteiger partial charge in [0.05, 0.1) is 11.8 Å². The molecule has 6 atom stereocenters. The highest BCUT2D eigenvalue weighted by atomic mass is 19.1. The van der Waals surface area contributed by atoms with E-state index in [2.05, 4.69) is 17.5 Å². The Kier molecular flexibility index (Phi) is 4.04. The maximum atomic E-state index is 12.9. The first-order chi connectivity index (χ1) is 13.9. The van der Waals surface area contributed by atoms with E-state index in [1.807, 2.05) is 0 Å². The van der Waals surface area contributed by atoms with Crippen LogP contribution in [0.25, 0.3) is 0 Å². The first-order valence-electron chi connectivity index (χ1n) is 9.68. The third kappa shape index (κ3) is 2.94. The van der Waals surface area contributed by atoms with Crippen molar-refractivity contribution in [2.45, 2.75) is 6.42 Å². The summed E-state index contributed by atoms with van der Waals surface area (Å²) >= 11 is 0. The van der Waals surface area contributed by atoms with Crippen molar-refractivity contribution in [3.8, 4) is 0 Å². The van der Waals surface area contributed by atoms with Gasteiger partial charge in [-0.05, 0) is 54.4 Å². The summed E-state index contributed by atoms with van der Waals surface area (Å²) in [7, 11) is 0. The lowest BCUT2D eigenvalue weighted by Gasteiger charge is -2.37. The lowest BCUT2D eigenvalue weighted by atomic mass is 9.63. The number of nitrogens with one attached hydrogen (secondary N) is 1. The predicted octanol–water partition coefficient (Wildman–Crippen LogP) is 1.36. The summed E-state index contributed by atoms with van der Waals surface area (Å²) in [6.07, 6.45) is 5.20. The first kappa shape index (κ1) is 18.0. The molecule has 1 aliphatic heterocycles. The number of carbonyl (C=O) groups is 4. The van der Waals surface area contributed by atoms with Crippen molar-refractivity contribution in [1.29, 1.82) is 0 Å². The molecule has 4 aliphatic carbocycles. The van der Waals surface area contributed by atoms with E-state index in [9.17, 15) is 23.6 Å². The summed E-state index contributed by atoms with van der Waals surface area (Å²) in [5.74, 6) is -2.03. The smallest absolute Gasteiger partial charge is 0.326 e. The van der Waals surface area contributed by atoms with Gasteiger partial charge in [0.2, 0.25) is 11.8 Å². The lowest BCUT2D eigenvalue weighted by Crippen LogP contribution is -2.40. The molecule has 1 heterocycles. The molecule has 8 heteroatoms. The molecule has 6 rings (SSSR count). The molecule has 2 saturated carbocycles. The van der Waals surface area contributed by atoms with Crippen molar-refractivity contribution in [2.75, 3.05) is 18.5 Å². The Labute approximate surface area is 165 Å². The van der Waals surface area contributed by atoms with Crippen LogP contribution in [0.4, 0.5) is 10.1 Å². The van der Waals surface area contributed by atoms with Crippen molar-refractivity contribution in [3.05, 3.63) is 42.2 Å². The number of ether oxygens (including phenoxy) is 1.